The van der Waals surface area contributed by atoms with Gasteiger partial charge < -0.3 is 9.30 Å². The van der Waals surface area contributed by atoms with E-state index in [1.807, 2.05) is 62.0 Å². The molecule has 0 amide bonds. The lowest BCUT2D eigenvalue weighted by Crippen LogP contribution is -2.26. The lowest BCUT2D eigenvalue weighted by atomic mass is 10.1. The van der Waals surface area contributed by atoms with Gasteiger partial charge in [0.25, 0.3) is 5.56 Å². The number of aryl methyl sites for hydroxylation is 1. The summed E-state index contributed by atoms with van der Waals surface area (Å²) in [5.41, 5.74) is 3.07. The second kappa shape index (κ2) is 9.51. The van der Waals surface area contributed by atoms with Crippen LogP contribution < -0.4 is 5.56 Å². The number of ether oxygens (including phenoxy) is 1. The van der Waals surface area contributed by atoms with Crippen LogP contribution in [-0.4, -0.2) is 31.9 Å². The normalized spacial score (nSPS) is 11.6. The lowest BCUT2D eigenvalue weighted by Gasteiger charge is -2.14. The molecule has 2 aromatic heterocycles. The number of rotatable bonds is 8. The molecule has 0 aliphatic rings. The average Bonchev–Trinajstić information content (AvgIpc) is 3.02. The molecule has 30 heavy (non-hydrogen) atoms. The van der Waals surface area contributed by atoms with Gasteiger partial charge >= 0.3 is 5.97 Å². The van der Waals surface area contributed by atoms with E-state index < -0.39 is 0 Å². The second-order valence-corrected chi connectivity index (χ2v) is 9.02. The van der Waals surface area contributed by atoms with Crippen molar-refractivity contribution >= 4 is 28.8 Å². The van der Waals surface area contributed by atoms with Crippen molar-refractivity contribution in [3.05, 3.63) is 46.9 Å². The zero-order valence-electron chi connectivity index (χ0n) is 18.2. The molecule has 0 aliphatic heterocycles. The molecule has 1 aromatic carbocycles. The van der Waals surface area contributed by atoms with Gasteiger partial charge in [-0.05, 0) is 31.7 Å². The molecule has 0 spiro atoms. The molecule has 0 atom stereocenters. The van der Waals surface area contributed by atoms with Crippen LogP contribution in [0.1, 0.15) is 34.1 Å². The molecule has 0 saturated heterocycles. The molecule has 160 valence electrons. The molecule has 0 bridgehead atoms. The number of hydrogen-bond acceptors (Lipinski definition) is 5. The van der Waals surface area contributed by atoms with Crippen molar-refractivity contribution in [2.24, 2.45) is 13.0 Å². The molecule has 3 aromatic rings. The van der Waals surface area contributed by atoms with Gasteiger partial charge in [0.05, 0.1) is 11.9 Å². The second-order valence-electron chi connectivity index (χ2n) is 8.08. The minimum Gasteiger partial charge on any atom is -0.462 e. The molecule has 0 saturated carbocycles. The fourth-order valence-electron chi connectivity index (χ4n) is 3.29. The first-order chi connectivity index (χ1) is 14.3. The molecule has 7 heteroatoms. The van der Waals surface area contributed by atoms with Crippen LogP contribution in [-0.2, 0) is 23.1 Å². The number of carbonyl (C=O) groups is 1. The van der Waals surface area contributed by atoms with Crippen molar-refractivity contribution in [3.63, 3.8) is 0 Å². The highest BCUT2D eigenvalue weighted by Crippen LogP contribution is 2.29. The van der Waals surface area contributed by atoms with Crippen LogP contribution >= 0.6 is 11.8 Å². The minimum atomic E-state index is -0.309. The third-order valence-electron chi connectivity index (χ3n) is 4.74. The highest BCUT2D eigenvalue weighted by atomic mass is 32.2. The predicted octanol–water partition coefficient (Wildman–Crippen LogP) is 4.49. The van der Waals surface area contributed by atoms with Gasteiger partial charge in [-0.3, -0.25) is 14.2 Å². The van der Waals surface area contributed by atoms with Gasteiger partial charge in [-0.15, -0.1) is 0 Å². The maximum absolute atomic E-state index is 13.4. The number of nitrogens with zero attached hydrogens (tertiary/aromatic N) is 3. The summed E-state index contributed by atoms with van der Waals surface area (Å²) in [6.07, 6.45) is 2.63. The smallest absolute Gasteiger partial charge is 0.316 e. The summed E-state index contributed by atoms with van der Waals surface area (Å²) in [5.74, 6) is 0.256. The Morgan fingerprint density at radius 3 is 2.50 bits per heavy atom. The van der Waals surface area contributed by atoms with Crippen molar-refractivity contribution in [3.8, 4) is 11.1 Å². The third kappa shape index (κ3) is 4.95. The average molecular weight is 428 g/mol. The van der Waals surface area contributed by atoms with Crippen molar-refractivity contribution < 1.29 is 9.53 Å². The van der Waals surface area contributed by atoms with E-state index in [2.05, 4.69) is 13.8 Å². The molecule has 0 fully saturated rings. The van der Waals surface area contributed by atoms with Crippen LogP contribution in [0, 0.1) is 5.92 Å². The molecule has 0 unspecified atom stereocenters. The first kappa shape index (κ1) is 22.2. The van der Waals surface area contributed by atoms with Gasteiger partial charge in [-0.2, -0.15) is 0 Å². The number of esters is 1. The zero-order valence-corrected chi connectivity index (χ0v) is 19.0. The number of aromatic nitrogens is 3. The van der Waals surface area contributed by atoms with Crippen LogP contribution in [0.25, 0.3) is 22.2 Å². The van der Waals surface area contributed by atoms with E-state index in [0.717, 1.165) is 17.5 Å². The van der Waals surface area contributed by atoms with Crippen molar-refractivity contribution in [1.29, 1.82) is 0 Å². The SMILES string of the molecule is CC(C)CCn1c(SCC(=O)OC(C)C)nc2c(-c3ccccc3)cn(C)c2c1=O. The topological polar surface area (TPSA) is 66.1 Å². The van der Waals surface area contributed by atoms with E-state index in [0.29, 0.717) is 28.7 Å². The van der Waals surface area contributed by atoms with Gasteiger partial charge in [0.2, 0.25) is 0 Å². The maximum Gasteiger partial charge on any atom is 0.316 e. The first-order valence-electron chi connectivity index (χ1n) is 10.3. The van der Waals surface area contributed by atoms with Crippen LogP contribution in [0.3, 0.4) is 0 Å². The summed E-state index contributed by atoms with van der Waals surface area (Å²) >= 11 is 1.26. The summed E-state index contributed by atoms with van der Waals surface area (Å²) in [7, 11) is 1.87. The highest BCUT2D eigenvalue weighted by Gasteiger charge is 2.20. The number of hydrogen-bond donors (Lipinski definition) is 0. The minimum absolute atomic E-state index is 0.0786. The maximum atomic E-state index is 13.4. The van der Waals surface area contributed by atoms with E-state index in [1.165, 1.54) is 11.8 Å². The Bertz CT molecular complexity index is 1080. The molecule has 3 rings (SSSR count). The first-order valence-corrected chi connectivity index (χ1v) is 11.2. The summed E-state index contributed by atoms with van der Waals surface area (Å²) in [5, 5.41) is 0.553. The predicted molar refractivity (Wildman–Crippen MR) is 122 cm³/mol. The zero-order chi connectivity index (χ0) is 21.8. The molecule has 2 heterocycles. The van der Waals surface area contributed by atoms with Gasteiger partial charge in [-0.25, -0.2) is 4.98 Å². The monoisotopic (exact) mass is 427 g/mol. The van der Waals surface area contributed by atoms with Gasteiger partial charge in [-0.1, -0.05) is 55.9 Å². The van der Waals surface area contributed by atoms with Crippen LogP contribution in [0.15, 0.2) is 46.5 Å². The Morgan fingerprint density at radius 1 is 1.17 bits per heavy atom. The molecule has 0 radical (unpaired) electrons. The van der Waals surface area contributed by atoms with E-state index >= 15 is 0 Å². The third-order valence-corrected chi connectivity index (χ3v) is 5.69. The summed E-state index contributed by atoms with van der Waals surface area (Å²) in [6.45, 7) is 8.45. The van der Waals surface area contributed by atoms with Gasteiger partial charge in [0.1, 0.15) is 11.0 Å². The lowest BCUT2D eigenvalue weighted by molar-refractivity contribution is -0.144. The summed E-state index contributed by atoms with van der Waals surface area (Å²) in [4.78, 5) is 30.4. The van der Waals surface area contributed by atoms with Gasteiger partial charge in [0, 0.05) is 25.4 Å². The fraction of sp³-hybridized carbons (Fsp3) is 0.435. The highest BCUT2D eigenvalue weighted by molar-refractivity contribution is 7.99. The Hall–Kier alpha value is -2.54. The van der Waals surface area contributed by atoms with Crippen LogP contribution in [0.5, 0.6) is 0 Å². The number of thioether (sulfide) groups is 1. The Balaban J connectivity index is 2.09. The summed E-state index contributed by atoms with van der Waals surface area (Å²) in [6, 6.07) is 9.91. The van der Waals surface area contributed by atoms with E-state index in [1.54, 1.807) is 4.57 Å². The number of benzene rings is 1. The standard InChI is InChI=1S/C23H29N3O3S/c1-15(2)11-12-26-22(28)21-20(24-23(26)30-14-19(27)29-16(3)4)18(13-25(21)5)17-9-7-6-8-10-17/h6-10,13,15-16H,11-12,14H2,1-5H3. The Kier molecular flexibility index (Phi) is 7.02. The molecular weight excluding hydrogens is 398 g/mol. The van der Waals surface area contributed by atoms with E-state index in [-0.39, 0.29) is 23.4 Å². The van der Waals surface area contributed by atoms with E-state index in [4.69, 9.17) is 9.72 Å². The van der Waals surface area contributed by atoms with E-state index in [9.17, 15) is 9.59 Å². The summed E-state index contributed by atoms with van der Waals surface area (Å²) < 4.78 is 8.79. The van der Waals surface area contributed by atoms with Crippen molar-refractivity contribution in [2.45, 2.75) is 51.9 Å². The Labute approximate surface area is 181 Å². The molecule has 0 aliphatic carbocycles. The Morgan fingerprint density at radius 2 is 1.87 bits per heavy atom. The van der Waals surface area contributed by atoms with Crippen LogP contribution in [0.2, 0.25) is 0 Å². The number of carbonyl (C=O) groups excluding carboxylic acids is 1. The van der Waals surface area contributed by atoms with Gasteiger partial charge in [0.15, 0.2) is 5.16 Å². The quantitative estimate of drug-likeness (QED) is 0.301. The van der Waals surface area contributed by atoms with Crippen LogP contribution in [0.4, 0.5) is 0 Å². The fourth-order valence-corrected chi connectivity index (χ4v) is 4.09. The molecule has 6 nitrogen and oxygen atoms in total. The molecule has 0 N–H and O–H groups in total. The van der Waals surface area contributed by atoms with Crippen molar-refractivity contribution in [2.75, 3.05) is 5.75 Å². The number of fused-ring (bicyclic) bond motifs is 1. The molecular formula is C23H29N3O3S. The largest absolute Gasteiger partial charge is 0.462 e. The van der Waals surface area contributed by atoms with Crippen molar-refractivity contribution in [1.82, 2.24) is 14.1 Å².